The largest absolute Gasteiger partial charge is 0.278 e. The molecule has 0 spiro atoms. The van der Waals surface area contributed by atoms with Gasteiger partial charge in [0.1, 0.15) is 0 Å². The molecule has 1 saturated carbocycles. The number of carbonyl (C=O) groups excluding carboxylic acids is 2. The molecule has 2 atom stereocenters. The minimum atomic E-state index is -0.162. The van der Waals surface area contributed by atoms with Gasteiger partial charge >= 0.3 is 0 Å². The Balaban J connectivity index is 1.82. The van der Waals surface area contributed by atoms with Crippen LogP contribution in [-0.2, 0) is 16.1 Å². The molecule has 4 heteroatoms. The van der Waals surface area contributed by atoms with Gasteiger partial charge in [-0.15, -0.1) is 0 Å². The number of hydrogen-bond acceptors (Lipinski definition) is 3. The van der Waals surface area contributed by atoms with Crippen molar-refractivity contribution in [2.24, 2.45) is 17.3 Å². The normalized spacial score (nSPS) is 26.4. The molecule has 0 bridgehead atoms. The third-order valence-electron chi connectivity index (χ3n) is 4.69. The van der Waals surface area contributed by atoms with E-state index in [0.29, 0.717) is 12.1 Å². The fourth-order valence-electron chi connectivity index (χ4n) is 3.27. The molecule has 1 aromatic rings. The Bertz CT molecular complexity index is 646. The monoisotopic (exact) mass is 268 g/mol. The SMILES string of the molecule is Cc1cc(C#N)ccc1CN1C(=O)C2C(C1=O)C2(C)C. The number of carbonyl (C=O) groups is 2. The summed E-state index contributed by atoms with van der Waals surface area (Å²) in [5.41, 5.74) is 2.29. The summed E-state index contributed by atoms with van der Waals surface area (Å²) in [5.74, 6) is -0.357. The summed E-state index contributed by atoms with van der Waals surface area (Å²) in [6.07, 6.45) is 0. The fraction of sp³-hybridized carbons (Fsp3) is 0.438. The van der Waals surface area contributed by atoms with Gasteiger partial charge < -0.3 is 0 Å². The first-order valence-electron chi connectivity index (χ1n) is 6.72. The highest BCUT2D eigenvalue weighted by molar-refractivity contribution is 6.10. The molecule has 0 aromatic heterocycles. The van der Waals surface area contributed by atoms with E-state index in [1.165, 1.54) is 4.90 Å². The lowest BCUT2D eigenvalue weighted by atomic mass is 10.0. The maximum absolute atomic E-state index is 12.3. The predicted octanol–water partition coefficient (Wildman–Crippen LogP) is 2.01. The average molecular weight is 268 g/mol. The molecule has 3 rings (SSSR count). The van der Waals surface area contributed by atoms with Gasteiger partial charge in [-0.1, -0.05) is 19.9 Å². The summed E-state index contributed by atoms with van der Waals surface area (Å²) >= 11 is 0. The standard InChI is InChI=1S/C16H16N2O2/c1-9-6-10(7-17)4-5-11(9)8-18-14(19)12-13(15(18)20)16(12,2)3/h4-6,12-13H,8H2,1-3H3. The second-order valence-corrected chi connectivity index (χ2v) is 6.29. The van der Waals surface area contributed by atoms with Crippen molar-refractivity contribution < 1.29 is 9.59 Å². The number of likely N-dealkylation sites (tertiary alicyclic amines) is 1. The van der Waals surface area contributed by atoms with Crippen molar-refractivity contribution in [3.63, 3.8) is 0 Å². The summed E-state index contributed by atoms with van der Waals surface area (Å²) < 4.78 is 0. The van der Waals surface area contributed by atoms with Crippen molar-refractivity contribution in [1.29, 1.82) is 5.26 Å². The lowest BCUT2D eigenvalue weighted by Gasteiger charge is -2.21. The second kappa shape index (κ2) is 3.92. The first-order chi connectivity index (χ1) is 9.37. The van der Waals surface area contributed by atoms with Crippen LogP contribution < -0.4 is 0 Å². The van der Waals surface area contributed by atoms with Crippen LogP contribution in [0, 0.1) is 35.5 Å². The van der Waals surface area contributed by atoms with E-state index in [2.05, 4.69) is 6.07 Å². The van der Waals surface area contributed by atoms with E-state index >= 15 is 0 Å². The lowest BCUT2D eigenvalue weighted by molar-refractivity contribution is -0.143. The van der Waals surface area contributed by atoms with Crippen LogP contribution in [0.3, 0.4) is 0 Å². The van der Waals surface area contributed by atoms with Crippen LogP contribution in [0.15, 0.2) is 18.2 Å². The summed E-state index contributed by atoms with van der Waals surface area (Å²) in [7, 11) is 0. The third kappa shape index (κ3) is 1.59. The number of aryl methyl sites for hydroxylation is 1. The molecule has 2 aliphatic rings. The Labute approximate surface area is 118 Å². The molecular weight excluding hydrogens is 252 g/mol. The van der Waals surface area contributed by atoms with Crippen molar-refractivity contribution in [3.05, 3.63) is 34.9 Å². The zero-order valence-corrected chi connectivity index (χ0v) is 11.8. The molecule has 1 heterocycles. The van der Waals surface area contributed by atoms with E-state index in [1.807, 2.05) is 26.8 Å². The highest BCUT2D eigenvalue weighted by Gasteiger charge is 2.72. The van der Waals surface area contributed by atoms with Crippen LogP contribution in [-0.4, -0.2) is 16.7 Å². The van der Waals surface area contributed by atoms with Crippen LogP contribution in [0.1, 0.15) is 30.5 Å². The summed E-state index contributed by atoms with van der Waals surface area (Å²) in [6, 6.07) is 7.41. The number of nitriles is 1. The van der Waals surface area contributed by atoms with E-state index in [9.17, 15) is 9.59 Å². The highest BCUT2D eigenvalue weighted by atomic mass is 16.2. The molecule has 2 amide bonds. The highest BCUT2D eigenvalue weighted by Crippen LogP contribution is 2.63. The number of rotatable bonds is 2. The van der Waals surface area contributed by atoms with Crippen molar-refractivity contribution in [2.45, 2.75) is 27.3 Å². The lowest BCUT2D eigenvalue weighted by Crippen LogP contribution is -2.35. The number of hydrogen-bond donors (Lipinski definition) is 0. The van der Waals surface area contributed by atoms with Gasteiger partial charge in [-0.05, 0) is 35.6 Å². The van der Waals surface area contributed by atoms with Gasteiger partial charge in [0.05, 0.1) is 30.0 Å². The van der Waals surface area contributed by atoms with Crippen LogP contribution in [0.4, 0.5) is 0 Å². The molecule has 1 aliphatic heterocycles. The van der Waals surface area contributed by atoms with E-state index < -0.39 is 0 Å². The number of piperidine rings is 1. The van der Waals surface area contributed by atoms with Crippen molar-refractivity contribution in [3.8, 4) is 6.07 Å². The van der Waals surface area contributed by atoms with Crippen LogP contribution >= 0.6 is 0 Å². The van der Waals surface area contributed by atoms with Crippen molar-refractivity contribution in [2.75, 3.05) is 0 Å². The zero-order chi connectivity index (χ0) is 14.7. The molecule has 102 valence electrons. The van der Waals surface area contributed by atoms with Gasteiger partial charge in [-0.2, -0.15) is 5.26 Å². The van der Waals surface area contributed by atoms with Crippen molar-refractivity contribution >= 4 is 11.8 Å². The first-order valence-corrected chi connectivity index (χ1v) is 6.72. The predicted molar refractivity (Wildman–Crippen MR) is 72.2 cm³/mol. The van der Waals surface area contributed by atoms with Crippen LogP contribution in [0.25, 0.3) is 0 Å². The number of fused-ring (bicyclic) bond motifs is 1. The molecule has 20 heavy (non-hydrogen) atoms. The van der Waals surface area contributed by atoms with E-state index in [1.54, 1.807) is 12.1 Å². The Morgan fingerprint density at radius 1 is 1.25 bits per heavy atom. The van der Waals surface area contributed by atoms with Crippen molar-refractivity contribution in [1.82, 2.24) is 4.90 Å². The number of amides is 2. The molecule has 0 radical (unpaired) electrons. The topological polar surface area (TPSA) is 61.2 Å². The van der Waals surface area contributed by atoms with E-state index in [0.717, 1.165) is 11.1 Å². The molecule has 4 nitrogen and oxygen atoms in total. The van der Waals surface area contributed by atoms with Gasteiger partial charge in [0.15, 0.2) is 0 Å². The van der Waals surface area contributed by atoms with E-state index in [4.69, 9.17) is 5.26 Å². The van der Waals surface area contributed by atoms with Gasteiger partial charge in [0.2, 0.25) is 11.8 Å². The van der Waals surface area contributed by atoms with Gasteiger partial charge in [-0.25, -0.2) is 0 Å². The maximum atomic E-state index is 12.3. The minimum absolute atomic E-state index is 0.0474. The smallest absolute Gasteiger partial charge is 0.233 e. The number of nitrogens with zero attached hydrogens (tertiary/aromatic N) is 2. The molecule has 0 N–H and O–H groups in total. The molecular formula is C16H16N2O2. The van der Waals surface area contributed by atoms with Crippen LogP contribution in [0.5, 0.6) is 0 Å². The van der Waals surface area contributed by atoms with Gasteiger partial charge in [-0.3, -0.25) is 14.5 Å². The van der Waals surface area contributed by atoms with Gasteiger partial charge in [0.25, 0.3) is 0 Å². The summed E-state index contributed by atoms with van der Waals surface area (Å²) in [4.78, 5) is 25.9. The maximum Gasteiger partial charge on any atom is 0.233 e. The zero-order valence-electron chi connectivity index (χ0n) is 11.8. The summed E-state index contributed by atoms with van der Waals surface area (Å²) in [6.45, 7) is 6.16. The quantitative estimate of drug-likeness (QED) is 0.771. The molecule has 1 saturated heterocycles. The Morgan fingerprint density at radius 2 is 1.85 bits per heavy atom. The minimum Gasteiger partial charge on any atom is -0.278 e. The van der Waals surface area contributed by atoms with Crippen LogP contribution in [0.2, 0.25) is 0 Å². The second-order valence-electron chi connectivity index (χ2n) is 6.29. The summed E-state index contributed by atoms with van der Waals surface area (Å²) in [5, 5.41) is 8.85. The number of imide groups is 1. The van der Waals surface area contributed by atoms with Gasteiger partial charge in [0, 0.05) is 0 Å². The fourth-order valence-corrected chi connectivity index (χ4v) is 3.27. The molecule has 2 fully saturated rings. The molecule has 1 aliphatic carbocycles. The molecule has 1 aromatic carbocycles. The number of benzene rings is 1. The Kier molecular flexibility index (Phi) is 2.52. The third-order valence-corrected chi connectivity index (χ3v) is 4.69. The average Bonchev–Trinajstić information content (AvgIpc) is 2.87. The Hall–Kier alpha value is -2.15. The first kappa shape index (κ1) is 12.9. The van der Waals surface area contributed by atoms with E-state index in [-0.39, 0.29) is 29.1 Å². The molecule has 2 unspecified atom stereocenters. The Morgan fingerprint density at radius 3 is 2.35 bits per heavy atom.